The van der Waals surface area contributed by atoms with Crippen molar-refractivity contribution in [1.82, 2.24) is 4.31 Å². The Morgan fingerprint density at radius 2 is 1.79 bits per heavy atom. The van der Waals surface area contributed by atoms with Crippen molar-refractivity contribution in [3.05, 3.63) is 29.8 Å². The Balaban J connectivity index is 2.27. The van der Waals surface area contributed by atoms with E-state index in [-0.39, 0.29) is 17.5 Å². The highest BCUT2D eigenvalue weighted by Gasteiger charge is 2.33. The van der Waals surface area contributed by atoms with Crippen molar-refractivity contribution >= 4 is 10.0 Å². The minimum absolute atomic E-state index is 0.144. The molecule has 2 rings (SSSR count). The van der Waals surface area contributed by atoms with Crippen molar-refractivity contribution in [2.45, 2.75) is 23.5 Å². The average molecular weight is 294 g/mol. The van der Waals surface area contributed by atoms with Gasteiger partial charge in [-0.1, -0.05) is 0 Å². The third-order valence-electron chi connectivity index (χ3n) is 3.01. The zero-order valence-corrected chi connectivity index (χ0v) is 10.7. The average Bonchev–Trinajstić information content (AvgIpc) is 2.76. The third-order valence-corrected chi connectivity index (χ3v) is 4.89. The van der Waals surface area contributed by atoms with Gasteiger partial charge in [-0.2, -0.15) is 17.5 Å². The molecule has 8 heteroatoms. The monoisotopic (exact) mass is 294 g/mol. The maximum absolute atomic E-state index is 12.4. The van der Waals surface area contributed by atoms with Crippen LogP contribution >= 0.6 is 0 Å². The predicted molar refractivity (Wildman–Crippen MR) is 62.8 cm³/mol. The van der Waals surface area contributed by atoms with Crippen LogP contribution in [0.1, 0.15) is 12.0 Å². The highest BCUT2D eigenvalue weighted by molar-refractivity contribution is 7.89. The standard InChI is InChI=1S/C11H13F3N2O2S/c12-11(13,14)8-1-3-10(4-2-8)19(17,18)16-6-5-9(15)7-16/h1-4,9H,5-7,15H2/t9-/m0/s1. The molecule has 0 spiro atoms. The van der Waals surface area contributed by atoms with Crippen molar-refractivity contribution in [1.29, 1.82) is 0 Å². The topological polar surface area (TPSA) is 63.4 Å². The first kappa shape index (κ1) is 14.3. The summed E-state index contributed by atoms with van der Waals surface area (Å²) in [6.07, 6.45) is -3.92. The molecule has 1 saturated heterocycles. The van der Waals surface area contributed by atoms with Crippen LogP contribution in [0.15, 0.2) is 29.2 Å². The van der Waals surface area contributed by atoms with Gasteiger partial charge in [-0.3, -0.25) is 0 Å². The second kappa shape index (κ2) is 4.77. The van der Waals surface area contributed by atoms with E-state index < -0.39 is 21.8 Å². The van der Waals surface area contributed by atoms with Crippen molar-refractivity contribution in [3.63, 3.8) is 0 Å². The summed E-state index contributed by atoms with van der Waals surface area (Å²) in [6, 6.07) is 3.26. The lowest BCUT2D eigenvalue weighted by Crippen LogP contribution is -2.32. The van der Waals surface area contributed by atoms with Crippen LogP contribution in [0.3, 0.4) is 0 Å². The Bertz CT molecular complexity index is 554. The molecular weight excluding hydrogens is 281 g/mol. The lowest BCUT2D eigenvalue weighted by molar-refractivity contribution is -0.137. The van der Waals surface area contributed by atoms with Gasteiger partial charge in [-0.15, -0.1) is 0 Å². The van der Waals surface area contributed by atoms with E-state index in [1.54, 1.807) is 0 Å². The van der Waals surface area contributed by atoms with Crippen molar-refractivity contribution in [3.8, 4) is 0 Å². The molecule has 1 aliphatic rings. The number of hydrogen-bond acceptors (Lipinski definition) is 3. The van der Waals surface area contributed by atoms with Crippen LogP contribution in [0.25, 0.3) is 0 Å². The summed E-state index contributed by atoms with van der Waals surface area (Å²) in [6.45, 7) is 0.494. The molecule has 0 saturated carbocycles. The number of hydrogen-bond donors (Lipinski definition) is 1. The zero-order valence-electron chi connectivity index (χ0n) is 9.89. The lowest BCUT2D eigenvalue weighted by atomic mass is 10.2. The van der Waals surface area contributed by atoms with Gasteiger partial charge in [-0.25, -0.2) is 8.42 Å². The number of rotatable bonds is 2. The second-order valence-electron chi connectivity index (χ2n) is 4.43. The molecular formula is C11H13F3N2O2S. The lowest BCUT2D eigenvalue weighted by Gasteiger charge is -2.16. The van der Waals surface area contributed by atoms with Crippen LogP contribution in [0.2, 0.25) is 0 Å². The van der Waals surface area contributed by atoms with Crippen molar-refractivity contribution in [2.24, 2.45) is 5.73 Å². The Kier molecular flexibility index (Phi) is 3.59. The van der Waals surface area contributed by atoms with E-state index in [1.807, 2.05) is 0 Å². The normalized spacial score (nSPS) is 21.8. The fourth-order valence-corrected chi connectivity index (χ4v) is 3.45. The largest absolute Gasteiger partial charge is 0.416 e. The van der Waals surface area contributed by atoms with E-state index in [0.717, 1.165) is 24.3 Å². The summed E-state index contributed by atoms with van der Waals surface area (Å²) in [5.74, 6) is 0. The van der Waals surface area contributed by atoms with Crippen LogP contribution in [0.5, 0.6) is 0 Å². The first-order chi connectivity index (χ1) is 8.71. The quantitative estimate of drug-likeness (QED) is 0.897. The maximum Gasteiger partial charge on any atom is 0.416 e. The summed E-state index contributed by atoms with van der Waals surface area (Å²) >= 11 is 0. The summed E-state index contributed by atoms with van der Waals surface area (Å²) in [4.78, 5) is -0.144. The molecule has 0 amide bonds. The fraction of sp³-hybridized carbons (Fsp3) is 0.455. The molecule has 4 nitrogen and oxygen atoms in total. The smallest absolute Gasteiger partial charge is 0.326 e. The molecule has 1 heterocycles. The van der Waals surface area contributed by atoms with Crippen LogP contribution in [0.4, 0.5) is 13.2 Å². The van der Waals surface area contributed by atoms with Gasteiger partial charge in [0.25, 0.3) is 0 Å². The van der Waals surface area contributed by atoms with Crippen molar-refractivity contribution in [2.75, 3.05) is 13.1 Å². The van der Waals surface area contributed by atoms with E-state index in [2.05, 4.69) is 0 Å². The van der Waals surface area contributed by atoms with Crippen LogP contribution in [-0.4, -0.2) is 31.9 Å². The van der Waals surface area contributed by atoms with E-state index in [9.17, 15) is 21.6 Å². The van der Waals surface area contributed by atoms with Gasteiger partial charge in [0.15, 0.2) is 0 Å². The predicted octanol–water partition coefficient (Wildman–Crippen LogP) is 1.43. The van der Waals surface area contributed by atoms with E-state index >= 15 is 0 Å². The van der Waals surface area contributed by atoms with Gasteiger partial charge in [0, 0.05) is 19.1 Å². The van der Waals surface area contributed by atoms with Crippen LogP contribution in [-0.2, 0) is 16.2 Å². The van der Waals surface area contributed by atoms with Gasteiger partial charge in [-0.05, 0) is 30.7 Å². The second-order valence-corrected chi connectivity index (χ2v) is 6.37. The number of nitrogens with zero attached hydrogens (tertiary/aromatic N) is 1. The van der Waals surface area contributed by atoms with Crippen molar-refractivity contribution < 1.29 is 21.6 Å². The first-order valence-corrected chi connectivity index (χ1v) is 7.08. The van der Waals surface area contributed by atoms with Gasteiger partial charge >= 0.3 is 6.18 Å². The number of nitrogens with two attached hydrogens (primary N) is 1. The van der Waals surface area contributed by atoms with Gasteiger partial charge in [0.2, 0.25) is 10.0 Å². The summed E-state index contributed by atoms with van der Waals surface area (Å²) in [7, 11) is -3.75. The third kappa shape index (κ3) is 2.90. The number of sulfonamides is 1. The van der Waals surface area contributed by atoms with Gasteiger partial charge in [0.1, 0.15) is 0 Å². The number of alkyl halides is 3. The number of benzene rings is 1. The van der Waals surface area contributed by atoms with E-state index in [1.165, 1.54) is 4.31 Å². The molecule has 19 heavy (non-hydrogen) atoms. The minimum Gasteiger partial charge on any atom is -0.326 e. The molecule has 0 aliphatic carbocycles. The van der Waals surface area contributed by atoms with Gasteiger partial charge in [0.05, 0.1) is 10.5 Å². The molecule has 0 bridgehead atoms. The highest BCUT2D eigenvalue weighted by Crippen LogP contribution is 2.30. The Labute approximate surface area is 109 Å². The SMILES string of the molecule is N[C@H]1CCN(S(=O)(=O)c2ccc(C(F)(F)F)cc2)C1. The molecule has 1 aromatic rings. The molecule has 1 aliphatic heterocycles. The Hall–Kier alpha value is -1.12. The zero-order chi connectivity index (χ0) is 14.3. The van der Waals surface area contributed by atoms with E-state index in [4.69, 9.17) is 5.73 Å². The fourth-order valence-electron chi connectivity index (χ4n) is 1.94. The Morgan fingerprint density at radius 1 is 1.21 bits per heavy atom. The molecule has 2 N–H and O–H groups in total. The molecule has 1 aromatic carbocycles. The molecule has 1 fully saturated rings. The first-order valence-electron chi connectivity index (χ1n) is 5.64. The number of halogens is 3. The molecule has 1 atom stereocenters. The molecule has 106 valence electrons. The Morgan fingerprint density at radius 3 is 2.21 bits per heavy atom. The summed E-state index contributed by atoms with van der Waals surface area (Å²) in [5, 5.41) is 0. The van der Waals surface area contributed by atoms with Gasteiger partial charge < -0.3 is 5.73 Å². The minimum atomic E-state index is -4.47. The van der Waals surface area contributed by atoms with Crippen LogP contribution < -0.4 is 5.73 Å². The summed E-state index contributed by atoms with van der Waals surface area (Å²) in [5.41, 5.74) is 4.76. The van der Waals surface area contributed by atoms with Crippen LogP contribution in [0, 0.1) is 0 Å². The highest BCUT2D eigenvalue weighted by atomic mass is 32.2. The molecule has 0 radical (unpaired) electrons. The van der Waals surface area contributed by atoms with E-state index in [0.29, 0.717) is 13.0 Å². The summed E-state index contributed by atoms with van der Waals surface area (Å²) < 4.78 is 62.6. The maximum atomic E-state index is 12.4. The molecule has 0 aromatic heterocycles. The molecule has 0 unspecified atom stereocenters.